The molecule has 60 heavy (non-hydrogen) atoms. The van der Waals surface area contributed by atoms with Crippen molar-refractivity contribution in [1.82, 2.24) is 15.0 Å². The number of rotatable bonds is 4. The number of pyridine rings is 3. The first-order valence-corrected chi connectivity index (χ1v) is 20.5. The van der Waals surface area contributed by atoms with Crippen molar-refractivity contribution in [2.75, 3.05) is 5.32 Å². The third-order valence-electron chi connectivity index (χ3n) is 12.6. The first-order chi connectivity index (χ1) is 29.7. The number of anilines is 1. The number of hydrogen-bond acceptors (Lipinski definition) is 4. The average molecular weight is 763 g/mol. The number of hydrogen-bond donors (Lipinski definition) is 1. The van der Waals surface area contributed by atoms with Crippen LogP contribution in [0, 0.1) is 0 Å². The van der Waals surface area contributed by atoms with Gasteiger partial charge in [-0.05, 0) is 108 Å². The molecule has 0 amide bonds. The van der Waals surface area contributed by atoms with Crippen LogP contribution in [0.25, 0.3) is 116 Å². The highest BCUT2D eigenvalue weighted by atomic mass is 14.9. The molecular formula is C56H34N4. The average Bonchev–Trinajstić information content (AvgIpc) is 3.32. The Labute approximate surface area is 345 Å². The van der Waals surface area contributed by atoms with Gasteiger partial charge in [0.05, 0.1) is 39.7 Å². The predicted octanol–water partition coefficient (Wildman–Crippen LogP) is 14.6. The fourth-order valence-electron chi connectivity index (χ4n) is 9.54. The van der Waals surface area contributed by atoms with Gasteiger partial charge in [0.2, 0.25) is 0 Å². The summed E-state index contributed by atoms with van der Waals surface area (Å²) in [5.74, 6) is 0. The number of nitrogens with one attached hydrogen (secondary N) is 1. The van der Waals surface area contributed by atoms with E-state index in [0.29, 0.717) is 0 Å². The summed E-state index contributed by atoms with van der Waals surface area (Å²) >= 11 is 0. The van der Waals surface area contributed by atoms with E-state index in [2.05, 4.69) is 192 Å². The topological polar surface area (TPSA) is 50.7 Å². The molecule has 9 aromatic carbocycles. The lowest BCUT2D eigenvalue weighted by atomic mass is 9.89. The molecule has 0 bridgehead atoms. The van der Waals surface area contributed by atoms with Crippen LogP contribution in [0.2, 0.25) is 0 Å². The van der Waals surface area contributed by atoms with Crippen molar-refractivity contribution >= 4 is 87.6 Å². The summed E-state index contributed by atoms with van der Waals surface area (Å²) < 4.78 is 0. The van der Waals surface area contributed by atoms with Crippen molar-refractivity contribution in [1.29, 1.82) is 0 Å². The van der Waals surface area contributed by atoms with E-state index in [-0.39, 0.29) is 6.04 Å². The Balaban J connectivity index is 0.816. The summed E-state index contributed by atoms with van der Waals surface area (Å²) in [5.41, 5.74) is 12.8. The largest absolute Gasteiger partial charge is 0.372 e. The van der Waals surface area contributed by atoms with E-state index in [9.17, 15) is 0 Å². The van der Waals surface area contributed by atoms with Crippen LogP contribution in [0.5, 0.6) is 0 Å². The zero-order valence-corrected chi connectivity index (χ0v) is 32.4. The highest BCUT2D eigenvalue weighted by Gasteiger charge is 2.18. The van der Waals surface area contributed by atoms with Crippen LogP contribution in [-0.4, -0.2) is 15.0 Å². The summed E-state index contributed by atoms with van der Waals surface area (Å²) in [6.45, 7) is 0. The zero-order chi connectivity index (χ0) is 39.3. The van der Waals surface area contributed by atoms with E-state index >= 15 is 0 Å². The highest BCUT2D eigenvalue weighted by molar-refractivity contribution is 6.25. The maximum absolute atomic E-state index is 5.24. The number of benzene rings is 9. The molecular weight excluding hydrogens is 729 g/mol. The molecule has 278 valence electrons. The Morgan fingerprint density at radius 1 is 0.433 bits per heavy atom. The lowest BCUT2D eigenvalue weighted by molar-refractivity contribution is 0.984. The summed E-state index contributed by atoms with van der Waals surface area (Å²) in [6.07, 6.45) is 6.30. The second kappa shape index (κ2) is 12.8. The van der Waals surface area contributed by atoms with E-state index in [1.807, 2.05) is 12.3 Å². The fourth-order valence-corrected chi connectivity index (χ4v) is 9.54. The van der Waals surface area contributed by atoms with Crippen molar-refractivity contribution in [2.24, 2.45) is 0 Å². The number of fused-ring (bicyclic) bond motifs is 6. The van der Waals surface area contributed by atoms with E-state index < -0.39 is 0 Å². The molecule has 1 aliphatic rings. The second-order valence-corrected chi connectivity index (χ2v) is 16.1. The quantitative estimate of drug-likeness (QED) is 0.181. The molecule has 4 nitrogen and oxygen atoms in total. The van der Waals surface area contributed by atoms with Gasteiger partial charge in [0.15, 0.2) is 0 Å². The minimum absolute atomic E-state index is 0.0590. The van der Waals surface area contributed by atoms with Crippen LogP contribution in [0.15, 0.2) is 188 Å². The monoisotopic (exact) mass is 762 g/mol. The summed E-state index contributed by atoms with van der Waals surface area (Å²) in [4.78, 5) is 15.1. The molecule has 4 heteroatoms. The molecule has 12 aromatic rings. The van der Waals surface area contributed by atoms with Crippen LogP contribution in [0.4, 0.5) is 5.69 Å². The van der Waals surface area contributed by atoms with Crippen molar-refractivity contribution in [3.63, 3.8) is 0 Å². The van der Waals surface area contributed by atoms with Crippen molar-refractivity contribution < 1.29 is 0 Å². The summed E-state index contributed by atoms with van der Waals surface area (Å²) in [6, 6.07) is 63.7. The minimum Gasteiger partial charge on any atom is -0.372 e. The van der Waals surface area contributed by atoms with Crippen LogP contribution >= 0.6 is 0 Å². The van der Waals surface area contributed by atoms with Gasteiger partial charge in [-0.3, -0.25) is 4.98 Å². The van der Waals surface area contributed by atoms with Crippen molar-refractivity contribution in [3.8, 4) is 33.6 Å². The highest BCUT2D eigenvalue weighted by Crippen LogP contribution is 2.41. The lowest BCUT2D eigenvalue weighted by Crippen LogP contribution is -2.12. The fraction of sp³-hybridized carbons (Fsp3) is 0.0179. The molecule has 3 aromatic heterocycles. The Morgan fingerprint density at radius 2 is 1.03 bits per heavy atom. The SMILES string of the molecule is C1=CC(c2ccc3cc(-c4ccc5ccc(-c6ccc7ccc(-c8ccc9ccc%10cccc%11ccc8c9c%10%11)cc7n6)cc5n4)ccc3c2)Nc2c1ccc1cccnc21. The van der Waals surface area contributed by atoms with Gasteiger partial charge >= 0.3 is 0 Å². The molecule has 0 saturated carbocycles. The van der Waals surface area contributed by atoms with Crippen LogP contribution in [0.3, 0.4) is 0 Å². The van der Waals surface area contributed by atoms with Gasteiger partial charge in [-0.2, -0.15) is 0 Å². The third-order valence-corrected chi connectivity index (χ3v) is 12.6. The van der Waals surface area contributed by atoms with Gasteiger partial charge < -0.3 is 5.32 Å². The smallest absolute Gasteiger partial charge is 0.0939 e. The van der Waals surface area contributed by atoms with E-state index in [4.69, 9.17) is 9.97 Å². The predicted molar refractivity (Wildman–Crippen MR) is 252 cm³/mol. The number of nitrogens with zero attached hydrogens (tertiary/aromatic N) is 3. The minimum atomic E-state index is 0.0590. The van der Waals surface area contributed by atoms with Crippen LogP contribution in [-0.2, 0) is 0 Å². The van der Waals surface area contributed by atoms with E-state index in [0.717, 1.165) is 66.5 Å². The standard InChI is InChI=1S/C56H34N4/c1-3-35-8-9-37-18-23-46(47-24-19-36(4-1)53(35)54(37)47)42-14-6-33-21-26-49(59-51(33)31-42)45-15-7-34-20-25-48(58-52(34)32-45)43-16-12-41-30-44(17-13-40(41)29-43)50-27-22-39-11-10-38-5-2-28-57-55(38)56(39)60-50/h1-32,50,60H. The summed E-state index contributed by atoms with van der Waals surface area (Å²) in [5, 5.41) is 17.3. The van der Waals surface area contributed by atoms with E-state index in [1.165, 1.54) is 59.8 Å². The maximum atomic E-state index is 5.24. The molecule has 0 radical (unpaired) electrons. The molecule has 0 aliphatic carbocycles. The van der Waals surface area contributed by atoms with Crippen LogP contribution in [0.1, 0.15) is 17.2 Å². The van der Waals surface area contributed by atoms with Crippen molar-refractivity contribution in [2.45, 2.75) is 6.04 Å². The molecule has 1 aliphatic heterocycles. The molecule has 0 saturated heterocycles. The Hall–Kier alpha value is -7.95. The van der Waals surface area contributed by atoms with Gasteiger partial charge in [-0.15, -0.1) is 0 Å². The van der Waals surface area contributed by atoms with Crippen LogP contribution < -0.4 is 5.32 Å². The molecule has 1 N–H and O–H groups in total. The zero-order valence-electron chi connectivity index (χ0n) is 32.4. The van der Waals surface area contributed by atoms with Gasteiger partial charge in [0.25, 0.3) is 0 Å². The Bertz CT molecular complexity index is 3760. The first kappa shape index (κ1) is 33.1. The van der Waals surface area contributed by atoms with Gasteiger partial charge in [-0.1, -0.05) is 146 Å². The maximum Gasteiger partial charge on any atom is 0.0939 e. The molecule has 0 spiro atoms. The summed E-state index contributed by atoms with van der Waals surface area (Å²) in [7, 11) is 0. The Morgan fingerprint density at radius 3 is 1.85 bits per heavy atom. The normalized spacial score (nSPS) is 13.9. The third kappa shape index (κ3) is 5.21. The molecule has 1 atom stereocenters. The Kier molecular flexibility index (Phi) is 7.04. The lowest BCUT2D eigenvalue weighted by Gasteiger charge is -2.24. The van der Waals surface area contributed by atoms with E-state index in [1.54, 1.807) is 0 Å². The molecule has 13 rings (SSSR count). The second-order valence-electron chi connectivity index (χ2n) is 16.1. The van der Waals surface area contributed by atoms with Gasteiger partial charge in [0.1, 0.15) is 0 Å². The molecule has 1 unspecified atom stereocenters. The number of aromatic nitrogens is 3. The first-order valence-electron chi connectivity index (χ1n) is 20.5. The van der Waals surface area contributed by atoms with Gasteiger partial charge in [0, 0.05) is 33.5 Å². The van der Waals surface area contributed by atoms with Gasteiger partial charge in [-0.25, -0.2) is 9.97 Å². The molecule has 0 fully saturated rings. The molecule has 4 heterocycles. The van der Waals surface area contributed by atoms with Crippen molar-refractivity contribution in [3.05, 3.63) is 199 Å².